The number of hydrogen-bond donors (Lipinski definition) is 1. The average molecular weight is 283 g/mol. The molecule has 1 N–H and O–H groups in total. The molecule has 0 aliphatic carbocycles. The molecule has 3 aromatic rings. The van der Waals surface area contributed by atoms with E-state index in [0.29, 0.717) is 23.0 Å². The van der Waals surface area contributed by atoms with Gasteiger partial charge in [-0.2, -0.15) is 0 Å². The number of hydrogen-bond acceptors (Lipinski definition) is 3. The topological polar surface area (TPSA) is 42.2 Å². The van der Waals surface area contributed by atoms with Crippen LogP contribution < -0.4 is 5.32 Å². The molecule has 0 amide bonds. The maximum absolute atomic E-state index is 13.4. The SMILES string of the molecule is CNCc1ccc(-c2cc3cc(F)cc(C=O)c3o2)cc1. The van der Waals surface area contributed by atoms with Crippen LogP contribution in [0.3, 0.4) is 0 Å². The molecule has 0 radical (unpaired) electrons. The van der Waals surface area contributed by atoms with E-state index >= 15 is 0 Å². The molecule has 0 unspecified atom stereocenters. The van der Waals surface area contributed by atoms with Crippen LogP contribution in [0.15, 0.2) is 46.9 Å². The standard InChI is InChI=1S/C17H14FNO2/c1-19-9-11-2-4-12(5-3-11)16-8-13-6-15(18)7-14(10-20)17(13)21-16/h2-8,10,19H,9H2,1H3. The maximum atomic E-state index is 13.4. The lowest BCUT2D eigenvalue weighted by molar-refractivity contribution is 0.112. The summed E-state index contributed by atoms with van der Waals surface area (Å²) in [5.74, 6) is 0.177. The van der Waals surface area contributed by atoms with Crippen LogP contribution in [0.1, 0.15) is 15.9 Å². The number of rotatable bonds is 4. The molecule has 0 spiro atoms. The molecule has 21 heavy (non-hydrogen) atoms. The first-order valence-corrected chi connectivity index (χ1v) is 6.63. The summed E-state index contributed by atoms with van der Waals surface area (Å²) < 4.78 is 19.1. The maximum Gasteiger partial charge on any atom is 0.153 e. The van der Waals surface area contributed by atoms with Gasteiger partial charge in [0.2, 0.25) is 0 Å². The van der Waals surface area contributed by atoms with Gasteiger partial charge in [-0.1, -0.05) is 24.3 Å². The first-order valence-electron chi connectivity index (χ1n) is 6.63. The molecule has 2 aromatic carbocycles. The van der Waals surface area contributed by atoms with Gasteiger partial charge >= 0.3 is 0 Å². The van der Waals surface area contributed by atoms with Gasteiger partial charge in [0, 0.05) is 17.5 Å². The Kier molecular flexibility index (Phi) is 3.54. The third-order valence-corrected chi connectivity index (χ3v) is 3.36. The zero-order valence-electron chi connectivity index (χ0n) is 11.5. The predicted octanol–water partition coefficient (Wildman–Crippen LogP) is 3.77. The molecule has 0 aliphatic rings. The highest BCUT2D eigenvalue weighted by molar-refractivity contribution is 5.96. The van der Waals surface area contributed by atoms with E-state index in [9.17, 15) is 9.18 Å². The summed E-state index contributed by atoms with van der Waals surface area (Å²) in [4.78, 5) is 11.0. The molecule has 3 nitrogen and oxygen atoms in total. The van der Waals surface area contributed by atoms with Crippen LogP contribution in [-0.2, 0) is 6.54 Å². The molecular formula is C17H14FNO2. The van der Waals surface area contributed by atoms with Crippen molar-refractivity contribution in [2.24, 2.45) is 0 Å². The summed E-state index contributed by atoms with van der Waals surface area (Å²) in [5, 5.41) is 3.67. The zero-order chi connectivity index (χ0) is 14.8. The third kappa shape index (κ3) is 2.58. The van der Waals surface area contributed by atoms with Crippen molar-refractivity contribution in [1.82, 2.24) is 5.32 Å². The van der Waals surface area contributed by atoms with Gasteiger partial charge in [0.05, 0.1) is 5.56 Å². The van der Waals surface area contributed by atoms with E-state index in [2.05, 4.69) is 5.32 Å². The molecule has 0 aliphatic heterocycles. The predicted molar refractivity (Wildman–Crippen MR) is 79.8 cm³/mol. The van der Waals surface area contributed by atoms with E-state index < -0.39 is 5.82 Å². The molecule has 0 fully saturated rings. The Labute approximate surface area is 121 Å². The quantitative estimate of drug-likeness (QED) is 0.741. The van der Waals surface area contributed by atoms with Gasteiger partial charge in [0.15, 0.2) is 6.29 Å². The molecule has 0 saturated carbocycles. The van der Waals surface area contributed by atoms with E-state index in [4.69, 9.17) is 4.42 Å². The Morgan fingerprint density at radius 2 is 1.95 bits per heavy atom. The molecule has 4 heteroatoms. The van der Waals surface area contributed by atoms with Gasteiger partial charge in [-0.25, -0.2) is 4.39 Å². The Morgan fingerprint density at radius 1 is 1.19 bits per heavy atom. The Bertz CT molecular complexity index is 790. The second-order valence-corrected chi connectivity index (χ2v) is 4.87. The second-order valence-electron chi connectivity index (χ2n) is 4.87. The number of halogens is 1. The van der Waals surface area contributed by atoms with E-state index in [-0.39, 0.29) is 5.56 Å². The van der Waals surface area contributed by atoms with Crippen LogP contribution in [0, 0.1) is 5.82 Å². The lowest BCUT2D eigenvalue weighted by Crippen LogP contribution is -2.04. The van der Waals surface area contributed by atoms with Gasteiger partial charge in [0.25, 0.3) is 0 Å². The third-order valence-electron chi connectivity index (χ3n) is 3.36. The van der Waals surface area contributed by atoms with Crippen LogP contribution in [0.5, 0.6) is 0 Å². The van der Waals surface area contributed by atoms with E-state index in [0.717, 1.165) is 17.7 Å². The fourth-order valence-electron chi connectivity index (χ4n) is 2.36. The molecule has 0 bridgehead atoms. The minimum atomic E-state index is -0.443. The molecule has 0 saturated heterocycles. The second kappa shape index (κ2) is 5.50. The number of carbonyl (C=O) groups is 1. The lowest BCUT2D eigenvalue weighted by atomic mass is 10.1. The number of benzene rings is 2. The van der Waals surface area contributed by atoms with E-state index in [1.807, 2.05) is 31.3 Å². The summed E-state index contributed by atoms with van der Waals surface area (Å²) in [6.07, 6.45) is 0.606. The van der Waals surface area contributed by atoms with Crippen molar-refractivity contribution in [3.05, 3.63) is 59.4 Å². The van der Waals surface area contributed by atoms with Crippen LogP contribution in [0.25, 0.3) is 22.3 Å². The van der Waals surface area contributed by atoms with Gasteiger partial charge in [-0.3, -0.25) is 4.79 Å². The van der Waals surface area contributed by atoms with Crippen molar-refractivity contribution in [3.8, 4) is 11.3 Å². The fraction of sp³-hybridized carbons (Fsp3) is 0.118. The largest absolute Gasteiger partial charge is 0.455 e. The average Bonchev–Trinajstić information content (AvgIpc) is 2.91. The Hall–Kier alpha value is -2.46. The Balaban J connectivity index is 2.06. The van der Waals surface area contributed by atoms with E-state index in [1.165, 1.54) is 12.1 Å². The first-order chi connectivity index (χ1) is 10.2. The summed E-state index contributed by atoms with van der Waals surface area (Å²) in [5.41, 5.74) is 2.70. The van der Waals surface area contributed by atoms with Gasteiger partial charge in [-0.05, 0) is 30.8 Å². The molecular weight excluding hydrogens is 269 g/mol. The summed E-state index contributed by atoms with van der Waals surface area (Å²) in [7, 11) is 1.89. The fourth-order valence-corrected chi connectivity index (χ4v) is 2.36. The minimum Gasteiger partial charge on any atom is -0.455 e. The first kappa shape index (κ1) is 13.5. The molecule has 1 aromatic heterocycles. The van der Waals surface area contributed by atoms with E-state index in [1.54, 1.807) is 6.07 Å². The van der Waals surface area contributed by atoms with Gasteiger partial charge < -0.3 is 9.73 Å². The zero-order valence-corrected chi connectivity index (χ0v) is 11.5. The van der Waals surface area contributed by atoms with Gasteiger partial charge in [0.1, 0.15) is 17.2 Å². The van der Waals surface area contributed by atoms with Crippen LogP contribution in [0.2, 0.25) is 0 Å². The number of furan rings is 1. The van der Waals surface area contributed by atoms with Crippen molar-refractivity contribution in [1.29, 1.82) is 0 Å². The summed E-state index contributed by atoms with van der Waals surface area (Å²) >= 11 is 0. The molecule has 3 rings (SSSR count). The number of carbonyl (C=O) groups excluding carboxylic acids is 1. The normalized spacial score (nSPS) is 11.0. The van der Waals surface area contributed by atoms with Crippen molar-refractivity contribution < 1.29 is 13.6 Å². The lowest BCUT2D eigenvalue weighted by Gasteiger charge is -2.01. The van der Waals surface area contributed by atoms with Crippen LogP contribution >= 0.6 is 0 Å². The summed E-state index contributed by atoms with van der Waals surface area (Å²) in [6.45, 7) is 0.793. The molecule has 106 valence electrons. The number of nitrogens with one attached hydrogen (secondary N) is 1. The van der Waals surface area contributed by atoms with Crippen molar-refractivity contribution in [3.63, 3.8) is 0 Å². The molecule has 0 atom stereocenters. The monoisotopic (exact) mass is 283 g/mol. The highest BCUT2D eigenvalue weighted by Crippen LogP contribution is 2.30. The molecule has 1 heterocycles. The van der Waals surface area contributed by atoms with Crippen molar-refractivity contribution >= 4 is 17.3 Å². The van der Waals surface area contributed by atoms with Gasteiger partial charge in [-0.15, -0.1) is 0 Å². The van der Waals surface area contributed by atoms with Crippen LogP contribution in [-0.4, -0.2) is 13.3 Å². The Morgan fingerprint density at radius 3 is 2.62 bits per heavy atom. The highest BCUT2D eigenvalue weighted by Gasteiger charge is 2.11. The number of aldehydes is 1. The van der Waals surface area contributed by atoms with Crippen molar-refractivity contribution in [2.45, 2.75) is 6.54 Å². The number of fused-ring (bicyclic) bond motifs is 1. The highest BCUT2D eigenvalue weighted by atomic mass is 19.1. The van der Waals surface area contributed by atoms with Crippen molar-refractivity contribution in [2.75, 3.05) is 7.05 Å². The van der Waals surface area contributed by atoms with Crippen LogP contribution in [0.4, 0.5) is 4.39 Å². The summed E-state index contributed by atoms with van der Waals surface area (Å²) in [6, 6.07) is 12.2. The minimum absolute atomic E-state index is 0.225. The smallest absolute Gasteiger partial charge is 0.153 e.